The molecule has 4 heterocycles. The summed E-state index contributed by atoms with van der Waals surface area (Å²) in [7, 11) is 0. The van der Waals surface area contributed by atoms with Crippen LogP contribution in [0.2, 0.25) is 0 Å². The normalized spacial score (nSPS) is 11.2. The van der Waals surface area contributed by atoms with Gasteiger partial charge in [-0.25, -0.2) is 0 Å². The first-order valence-corrected chi connectivity index (χ1v) is 13.0. The van der Waals surface area contributed by atoms with E-state index in [2.05, 4.69) is 58.1 Å². The molecule has 4 aromatic heterocycles. The van der Waals surface area contributed by atoms with Gasteiger partial charge in [0.1, 0.15) is 11.5 Å². The Balaban J connectivity index is 0.00000276. The predicted molar refractivity (Wildman–Crippen MR) is 158 cm³/mol. The molecule has 4 aromatic carbocycles. The second kappa shape index (κ2) is 10.3. The number of benzene rings is 4. The van der Waals surface area contributed by atoms with E-state index in [0.29, 0.717) is 5.89 Å². The number of hydrogen-bond donors (Lipinski definition) is 0. The molecule has 0 saturated carbocycles. The fourth-order valence-electron chi connectivity index (χ4n) is 5.33. The number of hydrogen-bond acceptors (Lipinski definition) is 4. The largest absolute Gasteiger partial charge is 2.00 e. The van der Waals surface area contributed by atoms with Crippen LogP contribution in [-0.2, 0) is 21.1 Å². The summed E-state index contributed by atoms with van der Waals surface area (Å²) >= 11 is 0. The molecule has 196 valence electrons. The minimum absolute atomic E-state index is 0. The minimum Gasteiger partial charge on any atom is -0.481 e. The van der Waals surface area contributed by atoms with Crippen LogP contribution >= 0.6 is 0 Å². The molecule has 0 aliphatic carbocycles. The summed E-state index contributed by atoms with van der Waals surface area (Å²) in [6.07, 6.45) is 3.61. The fourth-order valence-corrected chi connectivity index (χ4v) is 5.33. The Morgan fingerprint density at radius 2 is 1.49 bits per heavy atom. The molecular weight excluding hydrogens is 687 g/mol. The third-order valence-corrected chi connectivity index (χ3v) is 7.13. The summed E-state index contributed by atoms with van der Waals surface area (Å²) in [5.74, 6) is 0.547. The van der Waals surface area contributed by atoms with Crippen molar-refractivity contribution < 1.29 is 25.5 Å². The molecule has 0 aliphatic heterocycles. The van der Waals surface area contributed by atoms with Gasteiger partial charge in [0.25, 0.3) is 0 Å². The first-order valence-electron chi connectivity index (χ1n) is 13.0. The van der Waals surface area contributed by atoms with Crippen molar-refractivity contribution >= 4 is 32.9 Å². The molecule has 0 spiro atoms. The standard InChI is InChI=1S/C35H20N4O.Pt/c1-3-15-31-26(11-1)27-18-17-24(35-38-30-14-2-4-16-33(30)40-35)22-32(27)39(31)25-10-7-9-23(21-25)34-28(12-8-20-37-34)29-13-5-6-19-36-29;/h1-20H;/q-2;+2. The Labute approximate surface area is 250 Å². The van der Waals surface area contributed by atoms with Crippen molar-refractivity contribution in [3.8, 4) is 39.7 Å². The molecule has 6 heteroatoms. The van der Waals surface area contributed by atoms with Crippen LogP contribution < -0.4 is 0 Å². The van der Waals surface area contributed by atoms with Gasteiger partial charge in [0.05, 0.1) is 11.2 Å². The third-order valence-electron chi connectivity index (χ3n) is 7.13. The molecule has 5 nitrogen and oxygen atoms in total. The van der Waals surface area contributed by atoms with Crippen molar-refractivity contribution in [3.05, 3.63) is 134 Å². The Morgan fingerprint density at radius 1 is 0.634 bits per heavy atom. The van der Waals surface area contributed by atoms with Crippen LogP contribution in [0.3, 0.4) is 0 Å². The number of pyridine rings is 2. The molecular formula is C35H20N4OPt. The zero-order chi connectivity index (χ0) is 26.5. The molecule has 0 radical (unpaired) electrons. The maximum atomic E-state index is 6.08. The van der Waals surface area contributed by atoms with Gasteiger partial charge in [-0.2, -0.15) is 0 Å². The predicted octanol–water partition coefficient (Wildman–Crippen LogP) is 8.31. The number of oxazole rings is 1. The Kier molecular flexibility index (Phi) is 6.30. The summed E-state index contributed by atoms with van der Waals surface area (Å²) in [6, 6.07) is 43.6. The SMILES string of the molecule is [Pt+2].[c-]1c(-c2ncccc2-c2ccccn2)cccc1-n1c2[c-]c(-c3nc4ccccc4o3)ccc2c2ccccc21. The molecule has 0 unspecified atom stereocenters. The molecule has 8 rings (SSSR count). The molecule has 0 N–H and O–H groups in total. The Morgan fingerprint density at radius 3 is 2.39 bits per heavy atom. The zero-order valence-corrected chi connectivity index (χ0v) is 23.8. The number of fused-ring (bicyclic) bond motifs is 4. The van der Waals surface area contributed by atoms with Gasteiger partial charge in [-0.15, -0.1) is 48.0 Å². The molecule has 0 bridgehead atoms. The van der Waals surface area contributed by atoms with Crippen LogP contribution in [0.1, 0.15) is 0 Å². The number of para-hydroxylation sites is 3. The molecule has 0 aliphatic rings. The summed E-state index contributed by atoms with van der Waals surface area (Å²) in [5, 5.41) is 2.24. The average molecular weight is 708 g/mol. The van der Waals surface area contributed by atoms with Crippen molar-refractivity contribution in [1.29, 1.82) is 0 Å². The fraction of sp³-hybridized carbons (Fsp3) is 0. The minimum atomic E-state index is 0. The van der Waals surface area contributed by atoms with Crippen molar-refractivity contribution in [2.75, 3.05) is 0 Å². The van der Waals surface area contributed by atoms with Crippen LogP contribution in [0.15, 0.2) is 126 Å². The summed E-state index contributed by atoms with van der Waals surface area (Å²) in [5.41, 5.74) is 8.83. The maximum Gasteiger partial charge on any atom is 2.00 e. The van der Waals surface area contributed by atoms with Gasteiger partial charge in [0.15, 0.2) is 0 Å². The number of nitrogens with zero attached hydrogens (tertiary/aromatic N) is 4. The molecule has 0 saturated heterocycles. The molecule has 0 amide bonds. The number of aromatic nitrogens is 4. The first kappa shape index (κ1) is 25.1. The van der Waals surface area contributed by atoms with Gasteiger partial charge >= 0.3 is 21.1 Å². The van der Waals surface area contributed by atoms with Crippen molar-refractivity contribution in [2.45, 2.75) is 0 Å². The van der Waals surface area contributed by atoms with Crippen LogP contribution in [0, 0.1) is 12.1 Å². The smallest absolute Gasteiger partial charge is 0.481 e. The maximum absolute atomic E-state index is 6.08. The Bertz CT molecular complexity index is 2150. The monoisotopic (exact) mass is 707 g/mol. The van der Waals surface area contributed by atoms with Crippen molar-refractivity contribution in [1.82, 2.24) is 19.5 Å². The second-order valence-electron chi connectivity index (χ2n) is 9.54. The van der Waals surface area contributed by atoms with E-state index in [1.807, 2.05) is 79.0 Å². The van der Waals surface area contributed by atoms with Gasteiger partial charge in [-0.3, -0.25) is 9.97 Å². The number of rotatable bonds is 4. The molecule has 41 heavy (non-hydrogen) atoms. The summed E-state index contributed by atoms with van der Waals surface area (Å²) in [6.45, 7) is 0. The zero-order valence-electron chi connectivity index (χ0n) is 21.6. The molecule has 0 fully saturated rings. The second-order valence-corrected chi connectivity index (χ2v) is 9.54. The van der Waals surface area contributed by atoms with E-state index in [-0.39, 0.29) is 21.1 Å². The van der Waals surface area contributed by atoms with Gasteiger partial charge in [0.2, 0.25) is 0 Å². The van der Waals surface area contributed by atoms with Crippen LogP contribution in [-0.4, -0.2) is 19.5 Å². The summed E-state index contributed by atoms with van der Waals surface area (Å²) < 4.78 is 8.28. The van der Waals surface area contributed by atoms with E-state index in [0.717, 1.165) is 66.7 Å². The third kappa shape index (κ3) is 4.26. The van der Waals surface area contributed by atoms with Gasteiger partial charge in [-0.05, 0) is 64.2 Å². The van der Waals surface area contributed by atoms with E-state index in [1.54, 1.807) is 6.20 Å². The first-order chi connectivity index (χ1) is 19.8. The van der Waals surface area contributed by atoms with Gasteiger partial charge in [-0.1, -0.05) is 53.4 Å². The van der Waals surface area contributed by atoms with Gasteiger partial charge in [0, 0.05) is 17.9 Å². The topological polar surface area (TPSA) is 56.7 Å². The van der Waals surface area contributed by atoms with Crippen molar-refractivity contribution in [3.63, 3.8) is 0 Å². The van der Waals surface area contributed by atoms with E-state index in [4.69, 9.17) is 14.4 Å². The van der Waals surface area contributed by atoms with Crippen molar-refractivity contribution in [2.24, 2.45) is 0 Å². The summed E-state index contributed by atoms with van der Waals surface area (Å²) in [4.78, 5) is 14.0. The molecule has 8 aromatic rings. The van der Waals surface area contributed by atoms with Crippen LogP contribution in [0.25, 0.3) is 72.6 Å². The van der Waals surface area contributed by atoms with E-state index in [1.165, 1.54) is 0 Å². The van der Waals surface area contributed by atoms with E-state index < -0.39 is 0 Å². The van der Waals surface area contributed by atoms with Crippen LogP contribution in [0.4, 0.5) is 0 Å². The average Bonchev–Trinajstić information content (AvgIpc) is 3.61. The molecule has 0 atom stereocenters. The van der Waals surface area contributed by atoms with Crippen LogP contribution in [0.5, 0.6) is 0 Å². The van der Waals surface area contributed by atoms with E-state index in [9.17, 15) is 0 Å². The van der Waals surface area contributed by atoms with E-state index >= 15 is 0 Å². The van der Waals surface area contributed by atoms with Gasteiger partial charge < -0.3 is 14.0 Å². The Hall–Kier alpha value is -4.86. The quantitative estimate of drug-likeness (QED) is 0.173.